The molecule has 3 N–H and O–H groups in total. The number of aromatic nitrogens is 1. The molecule has 22 heavy (non-hydrogen) atoms. The Bertz CT molecular complexity index is 481. The van der Waals surface area contributed by atoms with E-state index in [4.69, 9.17) is 9.47 Å². The van der Waals surface area contributed by atoms with Gasteiger partial charge in [0.25, 0.3) is 5.91 Å². The minimum atomic E-state index is -1.06. The van der Waals surface area contributed by atoms with E-state index in [-0.39, 0.29) is 19.3 Å². The second kappa shape index (κ2) is 7.53. The van der Waals surface area contributed by atoms with Crippen molar-refractivity contribution in [3.05, 3.63) is 23.9 Å². The van der Waals surface area contributed by atoms with E-state index < -0.39 is 11.4 Å². The van der Waals surface area contributed by atoms with Crippen molar-refractivity contribution in [1.82, 2.24) is 10.3 Å². The maximum Gasteiger partial charge on any atom is 0.253 e. The molecule has 122 valence electrons. The zero-order chi connectivity index (χ0) is 16.0. The van der Waals surface area contributed by atoms with Crippen molar-refractivity contribution in [2.75, 3.05) is 26.4 Å². The Kier molecular flexibility index (Phi) is 5.70. The highest BCUT2D eigenvalue weighted by Gasteiger charge is 2.25. The van der Waals surface area contributed by atoms with Crippen LogP contribution < -0.4 is 10.1 Å². The molecule has 2 heterocycles. The highest BCUT2D eigenvalue weighted by atomic mass is 16.5. The number of hydrogen-bond donors (Lipinski definition) is 3. The summed E-state index contributed by atoms with van der Waals surface area (Å²) in [7, 11) is 0. The molecule has 1 aliphatic heterocycles. The molecular formula is C15H22N2O5. The molecule has 1 fully saturated rings. The summed E-state index contributed by atoms with van der Waals surface area (Å²) in [6.07, 6.45) is 3.16. The average molecular weight is 310 g/mol. The number of ether oxygens (including phenoxy) is 2. The van der Waals surface area contributed by atoms with Crippen LogP contribution in [0.4, 0.5) is 0 Å². The summed E-state index contributed by atoms with van der Waals surface area (Å²) >= 11 is 0. The largest absolute Gasteiger partial charge is 0.474 e. The molecular weight excluding hydrogens is 288 g/mol. The molecule has 1 amide bonds. The quantitative estimate of drug-likeness (QED) is 0.689. The third-order valence-corrected chi connectivity index (χ3v) is 3.57. The van der Waals surface area contributed by atoms with Crippen molar-refractivity contribution < 1.29 is 24.5 Å². The van der Waals surface area contributed by atoms with Crippen molar-refractivity contribution in [3.8, 4) is 5.88 Å². The van der Waals surface area contributed by atoms with E-state index in [1.54, 1.807) is 19.1 Å². The minimum Gasteiger partial charge on any atom is -0.474 e. The monoisotopic (exact) mass is 310 g/mol. The fraction of sp³-hybridized carbons (Fsp3) is 0.600. The number of carbonyl (C=O) groups excluding carboxylic acids is 1. The van der Waals surface area contributed by atoms with Crippen LogP contribution in [0.1, 0.15) is 30.1 Å². The number of amides is 1. The summed E-state index contributed by atoms with van der Waals surface area (Å²) in [5.41, 5.74) is -0.721. The molecule has 1 aromatic heterocycles. The first-order chi connectivity index (χ1) is 10.6. The first kappa shape index (κ1) is 16.7. The molecule has 0 saturated carbocycles. The summed E-state index contributed by atoms with van der Waals surface area (Å²) in [5.74, 6) is 0.0613. The van der Waals surface area contributed by atoms with Gasteiger partial charge < -0.3 is 25.0 Å². The van der Waals surface area contributed by atoms with Gasteiger partial charge in [-0.3, -0.25) is 4.79 Å². The molecule has 7 heteroatoms. The second-order valence-corrected chi connectivity index (χ2v) is 5.65. The van der Waals surface area contributed by atoms with Gasteiger partial charge in [0.15, 0.2) is 0 Å². The molecule has 1 aliphatic rings. The predicted molar refractivity (Wildman–Crippen MR) is 78.7 cm³/mol. The van der Waals surface area contributed by atoms with Crippen LogP contribution in [0.2, 0.25) is 0 Å². The summed E-state index contributed by atoms with van der Waals surface area (Å²) in [6, 6.07) is 3.24. The van der Waals surface area contributed by atoms with Crippen molar-refractivity contribution >= 4 is 5.91 Å². The molecule has 1 saturated heterocycles. The number of hydrogen-bond acceptors (Lipinski definition) is 6. The first-order valence-electron chi connectivity index (χ1n) is 7.31. The summed E-state index contributed by atoms with van der Waals surface area (Å²) in [4.78, 5) is 16.2. The van der Waals surface area contributed by atoms with Gasteiger partial charge >= 0.3 is 0 Å². The van der Waals surface area contributed by atoms with Crippen LogP contribution in [-0.2, 0) is 4.74 Å². The lowest BCUT2D eigenvalue weighted by molar-refractivity contribution is 0.0237. The van der Waals surface area contributed by atoms with Crippen molar-refractivity contribution in [2.24, 2.45) is 0 Å². The van der Waals surface area contributed by atoms with E-state index in [1.807, 2.05) is 0 Å². The van der Waals surface area contributed by atoms with Crippen LogP contribution in [0.3, 0.4) is 0 Å². The number of nitrogens with zero attached hydrogens (tertiary/aromatic N) is 1. The van der Waals surface area contributed by atoms with E-state index >= 15 is 0 Å². The van der Waals surface area contributed by atoms with Gasteiger partial charge in [0.05, 0.1) is 37.5 Å². The fourth-order valence-corrected chi connectivity index (χ4v) is 2.02. The molecule has 2 rings (SSSR count). The Hall–Kier alpha value is -1.70. The fourth-order valence-electron chi connectivity index (χ4n) is 2.02. The van der Waals surface area contributed by atoms with Crippen LogP contribution in [0.15, 0.2) is 18.3 Å². The van der Waals surface area contributed by atoms with Gasteiger partial charge in [-0.05, 0) is 13.0 Å². The van der Waals surface area contributed by atoms with Crippen molar-refractivity contribution in [1.29, 1.82) is 0 Å². The topological polar surface area (TPSA) is 101 Å². The maximum atomic E-state index is 12.0. The maximum absolute atomic E-state index is 12.0. The Labute approximate surface area is 129 Å². The van der Waals surface area contributed by atoms with E-state index in [2.05, 4.69) is 10.3 Å². The Morgan fingerprint density at radius 1 is 1.41 bits per heavy atom. The standard InChI is InChI=1S/C15H22N2O5/c1-15(9-18,10-19)17-14(20)11-2-3-13(16-8-11)22-12-4-6-21-7-5-12/h2-3,8,12,18-19H,4-7,9-10H2,1H3,(H,17,20). The van der Waals surface area contributed by atoms with Gasteiger partial charge in [-0.2, -0.15) is 0 Å². The van der Waals surface area contributed by atoms with Crippen molar-refractivity contribution in [3.63, 3.8) is 0 Å². The van der Waals surface area contributed by atoms with E-state index in [9.17, 15) is 15.0 Å². The smallest absolute Gasteiger partial charge is 0.253 e. The number of aliphatic hydroxyl groups is 2. The normalized spacial score (nSPS) is 16.3. The Morgan fingerprint density at radius 2 is 2.09 bits per heavy atom. The number of nitrogens with one attached hydrogen (secondary N) is 1. The van der Waals surface area contributed by atoms with Gasteiger partial charge in [0.1, 0.15) is 6.10 Å². The van der Waals surface area contributed by atoms with Gasteiger partial charge in [0, 0.05) is 25.1 Å². The summed E-state index contributed by atoms with van der Waals surface area (Å²) in [5, 5.41) is 20.9. The lowest BCUT2D eigenvalue weighted by atomic mass is 10.0. The number of carbonyl (C=O) groups is 1. The zero-order valence-electron chi connectivity index (χ0n) is 12.6. The molecule has 0 spiro atoms. The lowest BCUT2D eigenvalue weighted by Gasteiger charge is -2.26. The number of rotatable bonds is 6. The third-order valence-electron chi connectivity index (χ3n) is 3.57. The Morgan fingerprint density at radius 3 is 2.64 bits per heavy atom. The summed E-state index contributed by atoms with van der Waals surface area (Å²) < 4.78 is 11.0. The average Bonchev–Trinajstić information content (AvgIpc) is 2.56. The minimum absolute atomic E-state index is 0.0907. The molecule has 0 radical (unpaired) electrons. The Balaban J connectivity index is 1.94. The van der Waals surface area contributed by atoms with Gasteiger partial charge in [-0.25, -0.2) is 4.98 Å². The molecule has 7 nitrogen and oxygen atoms in total. The summed E-state index contributed by atoms with van der Waals surface area (Å²) in [6.45, 7) is 2.22. The first-order valence-corrected chi connectivity index (χ1v) is 7.31. The lowest BCUT2D eigenvalue weighted by Crippen LogP contribution is -2.51. The van der Waals surface area contributed by atoms with E-state index in [0.29, 0.717) is 24.7 Å². The molecule has 1 aromatic rings. The van der Waals surface area contributed by atoms with Crippen LogP contribution in [0.5, 0.6) is 5.88 Å². The van der Waals surface area contributed by atoms with Gasteiger partial charge in [0.2, 0.25) is 5.88 Å². The van der Waals surface area contributed by atoms with Crippen molar-refractivity contribution in [2.45, 2.75) is 31.4 Å². The zero-order valence-corrected chi connectivity index (χ0v) is 12.6. The molecule has 0 unspecified atom stereocenters. The molecule has 0 aromatic carbocycles. The van der Waals surface area contributed by atoms with E-state index in [1.165, 1.54) is 6.20 Å². The highest BCUT2D eigenvalue weighted by molar-refractivity contribution is 5.94. The second-order valence-electron chi connectivity index (χ2n) is 5.65. The molecule has 0 bridgehead atoms. The number of aliphatic hydroxyl groups excluding tert-OH is 2. The van der Waals surface area contributed by atoms with Crippen LogP contribution >= 0.6 is 0 Å². The van der Waals surface area contributed by atoms with Crippen LogP contribution in [0, 0.1) is 0 Å². The van der Waals surface area contributed by atoms with Gasteiger partial charge in [-0.1, -0.05) is 0 Å². The van der Waals surface area contributed by atoms with Crippen LogP contribution in [0.25, 0.3) is 0 Å². The SMILES string of the molecule is CC(CO)(CO)NC(=O)c1ccc(OC2CCOCC2)nc1. The highest BCUT2D eigenvalue weighted by Crippen LogP contribution is 2.16. The molecule has 0 atom stereocenters. The molecule has 0 aliphatic carbocycles. The van der Waals surface area contributed by atoms with E-state index in [0.717, 1.165) is 12.8 Å². The third kappa shape index (κ3) is 4.40. The predicted octanol–water partition coefficient (Wildman–Crippen LogP) is 0.112. The van der Waals surface area contributed by atoms with Crippen LogP contribution in [-0.4, -0.2) is 59.2 Å². The number of pyridine rings is 1. The van der Waals surface area contributed by atoms with Gasteiger partial charge in [-0.15, -0.1) is 0 Å².